The minimum Gasteiger partial charge on any atom is -0.306 e. The summed E-state index contributed by atoms with van der Waals surface area (Å²) in [5.41, 5.74) is 1.05. The van der Waals surface area contributed by atoms with Crippen molar-refractivity contribution < 1.29 is 18.4 Å². The summed E-state index contributed by atoms with van der Waals surface area (Å²) < 4.78 is 27.3. The lowest BCUT2D eigenvalue weighted by Gasteiger charge is -2.09. The number of aromatic nitrogens is 1. The molecule has 0 fully saturated rings. The number of rotatable bonds is 4. The van der Waals surface area contributed by atoms with Crippen LogP contribution in [0.1, 0.15) is 27.6 Å². The first-order chi connectivity index (χ1) is 12.9. The van der Waals surface area contributed by atoms with Crippen molar-refractivity contribution in [1.82, 2.24) is 4.98 Å². The molecule has 0 atom stereocenters. The molecule has 1 aromatic heterocycles. The lowest BCUT2D eigenvalue weighted by molar-refractivity contribution is 0.100. The number of carbonyl (C=O) groups is 2. The first-order valence-electron chi connectivity index (χ1n) is 7.89. The Labute approximate surface area is 158 Å². The molecule has 0 aliphatic rings. The zero-order chi connectivity index (χ0) is 19.6. The average molecular weight is 387 g/mol. The Kier molecular flexibility index (Phi) is 5.28. The summed E-state index contributed by atoms with van der Waals surface area (Å²) in [7, 11) is 0. The number of Topliss-reactive ketones (excluding diaryl/α,β-unsaturated/α-hetero) is 1. The van der Waals surface area contributed by atoms with Gasteiger partial charge in [0.1, 0.15) is 23.0 Å². The topological polar surface area (TPSA) is 59.1 Å². The number of nitrogens with zero attached hydrogens (tertiary/aromatic N) is 1. The maximum Gasteiger partial charge on any atom is 0.262 e. The van der Waals surface area contributed by atoms with Crippen molar-refractivity contribution in [1.29, 1.82) is 0 Å². The Bertz CT molecular complexity index is 1020. The summed E-state index contributed by atoms with van der Waals surface area (Å²) in [6.45, 7) is 1.45. The summed E-state index contributed by atoms with van der Waals surface area (Å²) in [6.07, 6.45) is 1.44. The molecule has 0 saturated carbocycles. The summed E-state index contributed by atoms with van der Waals surface area (Å²) in [6, 6.07) is 11.2. The van der Waals surface area contributed by atoms with Crippen molar-refractivity contribution in [2.24, 2.45) is 0 Å². The molecule has 0 spiro atoms. The van der Waals surface area contributed by atoms with Crippen LogP contribution in [0, 0.1) is 11.6 Å². The lowest BCUT2D eigenvalue weighted by Crippen LogP contribution is -2.16. The van der Waals surface area contributed by atoms with Crippen LogP contribution >= 0.6 is 11.6 Å². The highest BCUT2D eigenvalue weighted by atomic mass is 35.5. The summed E-state index contributed by atoms with van der Waals surface area (Å²) in [5.74, 6) is -2.85. The zero-order valence-electron chi connectivity index (χ0n) is 14.1. The van der Waals surface area contributed by atoms with Gasteiger partial charge in [-0.1, -0.05) is 17.7 Å². The highest BCUT2D eigenvalue weighted by molar-refractivity contribution is 6.33. The number of halogens is 3. The summed E-state index contributed by atoms with van der Waals surface area (Å²) >= 11 is 6.18. The number of hydrogen-bond acceptors (Lipinski definition) is 3. The molecule has 0 unspecified atom stereocenters. The van der Waals surface area contributed by atoms with E-state index in [2.05, 4.69) is 10.3 Å². The number of benzene rings is 2. The van der Waals surface area contributed by atoms with Crippen molar-refractivity contribution in [3.63, 3.8) is 0 Å². The van der Waals surface area contributed by atoms with Crippen LogP contribution in [0.15, 0.2) is 54.7 Å². The van der Waals surface area contributed by atoms with Crippen molar-refractivity contribution in [2.75, 3.05) is 5.32 Å². The van der Waals surface area contributed by atoms with Crippen LogP contribution in [0.25, 0.3) is 11.1 Å². The van der Waals surface area contributed by atoms with E-state index in [1.54, 1.807) is 24.3 Å². The summed E-state index contributed by atoms with van der Waals surface area (Å²) in [5, 5.41) is 2.78. The van der Waals surface area contributed by atoms with Gasteiger partial charge in [-0.25, -0.2) is 13.8 Å². The Balaban J connectivity index is 1.85. The third kappa shape index (κ3) is 4.01. The number of amides is 1. The molecule has 1 amide bonds. The van der Waals surface area contributed by atoms with Gasteiger partial charge in [-0.15, -0.1) is 0 Å². The van der Waals surface area contributed by atoms with Crippen molar-refractivity contribution in [3.8, 4) is 11.1 Å². The Morgan fingerprint density at radius 1 is 1.04 bits per heavy atom. The van der Waals surface area contributed by atoms with Crippen LogP contribution in [-0.4, -0.2) is 16.7 Å². The van der Waals surface area contributed by atoms with Gasteiger partial charge in [0, 0.05) is 27.9 Å². The normalized spacial score (nSPS) is 10.5. The highest BCUT2D eigenvalue weighted by Crippen LogP contribution is 2.29. The fraction of sp³-hybridized carbons (Fsp3) is 0.0500. The molecule has 3 aromatic rings. The van der Waals surface area contributed by atoms with E-state index in [0.717, 1.165) is 12.1 Å². The molecule has 4 nitrogen and oxygen atoms in total. The van der Waals surface area contributed by atoms with E-state index in [1.165, 1.54) is 25.3 Å². The zero-order valence-corrected chi connectivity index (χ0v) is 14.8. The third-order valence-electron chi connectivity index (χ3n) is 3.88. The Morgan fingerprint density at radius 3 is 2.33 bits per heavy atom. The van der Waals surface area contributed by atoms with Gasteiger partial charge >= 0.3 is 0 Å². The second kappa shape index (κ2) is 7.63. The maximum atomic E-state index is 13.7. The van der Waals surface area contributed by atoms with Crippen LogP contribution in [0.2, 0.25) is 5.02 Å². The Morgan fingerprint density at radius 2 is 1.74 bits per heavy atom. The molecule has 0 bridgehead atoms. The lowest BCUT2D eigenvalue weighted by atomic mass is 10.0. The average Bonchev–Trinajstić information content (AvgIpc) is 2.62. The standard InChI is InChI=1S/C20H13ClF2N2O2/c1-11(26)12-5-7-15(21)14(9-12)13-6-8-18(24-10-13)25-20(27)19-16(22)3-2-4-17(19)23/h2-10H,1H3,(H,24,25,27). The number of hydrogen-bond donors (Lipinski definition) is 1. The molecular weight excluding hydrogens is 374 g/mol. The maximum absolute atomic E-state index is 13.7. The van der Waals surface area contributed by atoms with Gasteiger partial charge < -0.3 is 5.32 Å². The molecule has 2 aromatic carbocycles. The van der Waals surface area contributed by atoms with Crippen molar-refractivity contribution in [2.45, 2.75) is 6.92 Å². The molecule has 7 heteroatoms. The van der Waals surface area contributed by atoms with Gasteiger partial charge in [0.15, 0.2) is 5.78 Å². The van der Waals surface area contributed by atoms with Gasteiger partial charge in [-0.3, -0.25) is 9.59 Å². The van der Waals surface area contributed by atoms with Crippen LogP contribution in [0.3, 0.4) is 0 Å². The molecule has 3 rings (SSSR count). The van der Waals surface area contributed by atoms with E-state index in [1.807, 2.05) is 0 Å². The fourth-order valence-electron chi connectivity index (χ4n) is 2.49. The van der Waals surface area contributed by atoms with Crippen molar-refractivity contribution >= 4 is 29.1 Å². The minimum absolute atomic E-state index is 0.100. The highest BCUT2D eigenvalue weighted by Gasteiger charge is 2.17. The first kappa shape index (κ1) is 18.7. The van der Waals surface area contributed by atoms with E-state index < -0.39 is 23.1 Å². The van der Waals surface area contributed by atoms with Crippen LogP contribution in [0.5, 0.6) is 0 Å². The minimum atomic E-state index is -0.961. The molecule has 136 valence electrons. The van der Waals surface area contributed by atoms with Gasteiger partial charge in [-0.2, -0.15) is 0 Å². The van der Waals surface area contributed by atoms with Crippen LogP contribution in [0.4, 0.5) is 14.6 Å². The van der Waals surface area contributed by atoms with Gasteiger partial charge in [0.25, 0.3) is 5.91 Å². The molecule has 0 radical (unpaired) electrons. The molecule has 27 heavy (non-hydrogen) atoms. The van der Waals surface area contributed by atoms with Gasteiger partial charge in [0.05, 0.1) is 0 Å². The molecule has 0 saturated heterocycles. The van der Waals surface area contributed by atoms with Crippen LogP contribution in [-0.2, 0) is 0 Å². The first-order valence-corrected chi connectivity index (χ1v) is 8.27. The van der Waals surface area contributed by atoms with E-state index in [9.17, 15) is 18.4 Å². The largest absolute Gasteiger partial charge is 0.306 e. The second-order valence-electron chi connectivity index (χ2n) is 5.73. The van der Waals surface area contributed by atoms with E-state index in [4.69, 9.17) is 11.6 Å². The van der Waals surface area contributed by atoms with E-state index >= 15 is 0 Å². The number of ketones is 1. The molecule has 1 N–H and O–H groups in total. The molecule has 0 aliphatic heterocycles. The molecule has 1 heterocycles. The third-order valence-corrected chi connectivity index (χ3v) is 4.21. The number of carbonyl (C=O) groups excluding carboxylic acids is 2. The number of nitrogens with one attached hydrogen (secondary N) is 1. The van der Waals surface area contributed by atoms with E-state index in [-0.39, 0.29) is 11.6 Å². The number of anilines is 1. The monoisotopic (exact) mass is 386 g/mol. The quantitative estimate of drug-likeness (QED) is 0.632. The number of pyridine rings is 1. The smallest absolute Gasteiger partial charge is 0.262 e. The predicted octanol–water partition coefficient (Wildman–Crippen LogP) is 5.14. The van der Waals surface area contributed by atoms with Crippen molar-refractivity contribution in [3.05, 3.63) is 82.5 Å². The van der Waals surface area contributed by atoms with Crippen LogP contribution < -0.4 is 5.32 Å². The second-order valence-corrected chi connectivity index (χ2v) is 6.14. The summed E-state index contributed by atoms with van der Waals surface area (Å²) in [4.78, 5) is 27.7. The Hall–Kier alpha value is -3.12. The SMILES string of the molecule is CC(=O)c1ccc(Cl)c(-c2ccc(NC(=O)c3c(F)cccc3F)nc2)c1. The van der Waals surface area contributed by atoms with Gasteiger partial charge in [-0.05, 0) is 49.4 Å². The molecule has 0 aliphatic carbocycles. The van der Waals surface area contributed by atoms with E-state index in [0.29, 0.717) is 21.7 Å². The fourth-order valence-corrected chi connectivity index (χ4v) is 2.71. The molecular formula is C20H13ClF2N2O2. The predicted molar refractivity (Wildman–Crippen MR) is 99.0 cm³/mol. The van der Waals surface area contributed by atoms with Gasteiger partial charge in [0.2, 0.25) is 0 Å².